The summed E-state index contributed by atoms with van der Waals surface area (Å²) < 4.78 is 5.01. The summed E-state index contributed by atoms with van der Waals surface area (Å²) in [5.41, 5.74) is 0. The number of carboxylic acid groups (broad SMARTS) is 1. The third kappa shape index (κ3) is 16.0. The van der Waals surface area contributed by atoms with Gasteiger partial charge in [-0.25, -0.2) is 4.79 Å². The van der Waals surface area contributed by atoms with E-state index in [1.807, 2.05) is 0 Å². The minimum absolute atomic E-state index is 0.100. The first-order valence-corrected chi connectivity index (χ1v) is 9.64. The third-order valence-corrected chi connectivity index (χ3v) is 4.30. The van der Waals surface area contributed by atoms with Gasteiger partial charge in [-0.15, -0.1) is 0 Å². The lowest BCUT2D eigenvalue weighted by Gasteiger charge is -2.16. The normalized spacial score (nSPS) is 12.6. The fourth-order valence-electron chi connectivity index (χ4n) is 2.50. The van der Waals surface area contributed by atoms with Gasteiger partial charge in [0.05, 0.1) is 0 Å². The van der Waals surface area contributed by atoms with Crippen LogP contribution in [-0.2, 0) is 4.74 Å². The van der Waals surface area contributed by atoms with Crippen molar-refractivity contribution < 1.29 is 14.6 Å². The molecule has 0 aromatic heterocycles. The van der Waals surface area contributed by atoms with Crippen molar-refractivity contribution in [1.29, 1.82) is 0 Å². The van der Waals surface area contributed by atoms with E-state index in [2.05, 4.69) is 29.8 Å². The minimum Gasteiger partial charge on any atom is -0.450 e. The van der Waals surface area contributed by atoms with Crippen molar-refractivity contribution in [1.82, 2.24) is 0 Å². The summed E-state index contributed by atoms with van der Waals surface area (Å²) in [6, 6.07) is 0. The van der Waals surface area contributed by atoms with Gasteiger partial charge in [0.1, 0.15) is 6.10 Å². The molecule has 0 spiro atoms. The van der Waals surface area contributed by atoms with Crippen LogP contribution < -0.4 is 0 Å². The summed E-state index contributed by atoms with van der Waals surface area (Å²) in [5, 5.41) is 9.85. The second-order valence-electron chi connectivity index (χ2n) is 6.28. The van der Waals surface area contributed by atoms with Gasteiger partial charge in [0.2, 0.25) is 0 Å². The molecule has 0 bridgehead atoms. The largest absolute Gasteiger partial charge is 0.506 e. The Morgan fingerprint density at radius 2 is 1.38 bits per heavy atom. The fraction of sp³-hybridized carbons (Fsp3) is 0.941. The van der Waals surface area contributed by atoms with E-state index in [9.17, 15) is 4.79 Å². The number of rotatable bonds is 14. The maximum atomic E-state index is 10.7. The molecule has 0 saturated heterocycles. The maximum Gasteiger partial charge on any atom is 0.506 e. The van der Waals surface area contributed by atoms with Crippen molar-refractivity contribution in [2.75, 3.05) is 5.33 Å². The van der Waals surface area contributed by atoms with E-state index in [4.69, 9.17) is 9.84 Å². The molecule has 0 saturated carbocycles. The zero-order valence-corrected chi connectivity index (χ0v) is 15.4. The molecule has 0 fully saturated rings. The van der Waals surface area contributed by atoms with Crippen LogP contribution in [0.15, 0.2) is 0 Å². The van der Waals surface area contributed by atoms with Crippen LogP contribution >= 0.6 is 15.9 Å². The van der Waals surface area contributed by atoms with Crippen molar-refractivity contribution in [2.45, 2.75) is 90.6 Å². The number of unbranched alkanes of at least 4 members (excludes halogenated alkanes) is 6. The third-order valence-electron chi connectivity index (χ3n) is 3.73. The summed E-state index contributed by atoms with van der Waals surface area (Å²) in [6.45, 7) is 4.51. The van der Waals surface area contributed by atoms with Crippen LogP contribution in [0.1, 0.15) is 84.5 Å². The molecule has 0 radical (unpaired) electrons. The van der Waals surface area contributed by atoms with Crippen LogP contribution in [0.25, 0.3) is 0 Å². The highest BCUT2D eigenvalue weighted by Crippen LogP contribution is 2.17. The lowest BCUT2D eigenvalue weighted by atomic mass is 10.0. The molecule has 0 aromatic rings. The number of hydrogen-bond donors (Lipinski definition) is 1. The van der Waals surface area contributed by atoms with Crippen LogP contribution in [0.2, 0.25) is 0 Å². The molecular formula is C17H33BrO3. The van der Waals surface area contributed by atoms with Crippen molar-refractivity contribution in [3.63, 3.8) is 0 Å². The monoisotopic (exact) mass is 364 g/mol. The van der Waals surface area contributed by atoms with Crippen molar-refractivity contribution in [3.8, 4) is 0 Å². The van der Waals surface area contributed by atoms with E-state index < -0.39 is 6.16 Å². The zero-order chi connectivity index (χ0) is 15.9. The van der Waals surface area contributed by atoms with Crippen LogP contribution in [-0.4, -0.2) is 22.7 Å². The molecule has 0 aromatic carbocycles. The maximum absolute atomic E-state index is 10.7. The molecule has 4 heteroatoms. The van der Waals surface area contributed by atoms with Gasteiger partial charge in [-0.05, 0) is 38.0 Å². The number of halogens is 1. The quantitative estimate of drug-likeness (QED) is 0.220. The first kappa shape index (κ1) is 20.8. The Balaban J connectivity index is 3.67. The summed E-state index contributed by atoms with van der Waals surface area (Å²) in [4.78, 5) is 10.7. The number of hydrogen-bond acceptors (Lipinski definition) is 2. The second-order valence-corrected chi connectivity index (χ2v) is 7.08. The van der Waals surface area contributed by atoms with Crippen LogP contribution in [0, 0.1) is 5.92 Å². The van der Waals surface area contributed by atoms with Gasteiger partial charge in [0.15, 0.2) is 0 Å². The Kier molecular flexibility index (Phi) is 14.5. The summed E-state index contributed by atoms with van der Waals surface area (Å²) in [7, 11) is 0. The standard InChI is InChI=1S/C17H33BrO3/c1-15(2)11-7-3-4-8-12-16(21-17(19)20)13-9-5-6-10-14-18/h15-16H,3-14H2,1-2H3,(H,19,20). The molecule has 3 nitrogen and oxygen atoms in total. The highest BCUT2D eigenvalue weighted by Gasteiger charge is 2.13. The van der Waals surface area contributed by atoms with E-state index in [0.717, 1.165) is 36.9 Å². The highest BCUT2D eigenvalue weighted by molar-refractivity contribution is 9.09. The molecule has 1 atom stereocenters. The average molecular weight is 365 g/mol. The lowest BCUT2D eigenvalue weighted by Crippen LogP contribution is -2.16. The van der Waals surface area contributed by atoms with Gasteiger partial charge in [-0.1, -0.05) is 68.3 Å². The van der Waals surface area contributed by atoms with E-state index in [1.54, 1.807) is 0 Å². The molecule has 126 valence electrons. The van der Waals surface area contributed by atoms with E-state index in [1.165, 1.54) is 44.9 Å². The first-order valence-electron chi connectivity index (χ1n) is 8.51. The number of carbonyl (C=O) groups is 1. The van der Waals surface area contributed by atoms with Gasteiger partial charge in [0.25, 0.3) is 0 Å². The Morgan fingerprint density at radius 1 is 0.905 bits per heavy atom. The van der Waals surface area contributed by atoms with Crippen molar-refractivity contribution in [3.05, 3.63) is 0 Å². The molecular weight excluding hydrogens is 332 g/mol. The average Bonchev–Trinajstić information content (AvgIpc) is 2.41. The van der Waals surface area contributed by atoms with Gasteiger partial charge >= 0.3 is 6.16 Å². The predicted octanol–water partition coefficient (Wildman–Crippen LogP) is 6.39. The Hall–Kier alpha value is -0.250. The smallest absolute Gasteiger partial charge is 0.450 e. The van der Waals surface area contributed by atoms with Gasteiger partial charge in [0, 0.05) is 5.33 Å². The van der Waals surface area contributed by atoms with E-state index in [-0.39, 0.29) is 6.10 Å². The predicted molar refractivity (Wildman–Crippen MR) is 92.3 cm³/mol. The molecule has 1 N–H and O–H groups in total. The molecule has 0 heterocycles. The van der Waals surface area contributed by atoms with Gasteiger partial charge in [-0.2, -0.15) is 0 Å². The van der Waals surface area contributed by atoms with Crippen LogP contribution in [0.4, 0.5) is 4.79 Å². The van der Waals surface area contributed by atoms with E-state index in [0.29, 0.717) is 0 Å². The Labute approximate surface area is 139 Å². The fourth-order valence-corrected chi connectivity index (χ4v) is 2.90. The van der Waals surface area contributed by atoms with E-state index >= 15 is 0 Å². The second kappa shape index (κ2) is 14.7. The minimum atomic E-state index is -1.12. The molecule has 0 aliphatic heterocycles. The van der Waals surface area contributed by atoms with Crippen LogP contribution in [0.5, 0.6) is 0 Å². The highest BCUT2D eigenvalue weighted by atomic mass is 79.9. The summed E-state index contributed by atoms with van der Waals surface area (Å²) in [6.07, 6.45) is 11.3. The van der Waals surface area contributed by atoms with Crippen LogP contribution in [0.3, 0.4) is 0 Å². The summed E-state index contributed by atoms with van der Waals surface area (Å²) >= 11 is 3.42. The number of ether oxygens (including phenoxy) is 1. The van der Waals surface area contributed by atoms with Crippen molar-refractivity contribution >= 4 is 22.1 Å². The van der Waals surface area contributed by atoms with Gasteiger partial charge < -0.3 is 9.84 Å². The first-order chi connectivity index (χ1) is 10.1. The van der Waals surface area contributed by atoms with Crippen molar-refractivity contribution in [2.24, 2.45) is 5.92 Å². The lowest BCUT2D eigenvalue weighted by molar-refractivity contribution is 0.0422. The molecule has 0 rings (SSSR count). The molecule has 1 unspecified atom stereocenters. The SMILES string of the molecule is CC(C)CCCCCCC(CCCCCCBr)OC(=O)O. The van der Waals surface area contributed by atoms with Gasteiger partial charge in [-0.3, -0.25) is 0 Å². The summed E-state index contributed by atoms with van der Waals surface area (Å²) in [5.74, 6) is 0.785. The molecule has 0 aliphatic rings. The molecule has 0 aliphatic carbocycles. The Bertz CT molecular complexity index is 244. The topological polar surface area (TPSA) is 46.5 Å². The zero-order valence-electron chi connectivity index (χ0n) is 13.8. The number of alkyl halides is 1. The Morgan fingerprint density at radius 3 is 1.81 bits per heavy atom. The molecule has 21 heavy (non-hydrogen) atoms. The molecule has 0 amide bonds.